The van der Waals surface area contributed by atoms with Gasteiger partial charge in [0.25, 0.3) is 0 Å². The van der Waals surface area contributed by atoms with E-state index < -0.39 is 0 Å². The van der Waals surface area contributed by atoms with E-state index in [1.54, 1.807) is 0 Å². The zero-order chi connectivity index (χ0) is 20.9. The van der Waals surface area contributed by atoms with Crippen molar-refractivity contribution in [3.8, 4) is 0 Å². The monoisotopic (exact) mass is 402 g/mol. The third-order valence-corrected chi connectivity index (χ3v) is 4.09. The molecule has 0 aromatic carbocycles. The van der Waals surface area contributed by atoms with Crippen molar-refractivity contribution in [1.29, 1.82) is 0 Å². The molecule has 0 aliphatic carbocycles. The van der Waals surface area contributed by atoms with Gasteiger partial charge in [-0.15, -0.1) is 0 Å². The SMILES string of the molecule is CCCOCC(COCCC)N(CCN=[N+]=[N-])C(COCCC)COCCC. The van der Waals surface area contributed by atoms with Crippen molar-refractivity contribution in [2.45, 2.75) is 65.5 Å². The van der Waals surface area contributed by atoms with E-state index >= 15 is 0 Å². The first kappa shape index (κ1) is 27.1. The summed E-state index contributed by atoms with van der Waals surface area (Å²) in [5, 5.41) is 3.74. The Kier molecular flexibility index (Phi) is 20.2. The van der Waals surface area contributed by atoms with Gasteiger partial charge in [0.15, 0.2) is 0 Å². The van der Waals surface area contributed by atoms with Crippen LogP contribution in [0.1, 0.15) is 53.4 Å². The summed E-state index contributed by atoms with van der Waals surface area (Å²) >= 11 is 0. The molecule has 0 aromatic rings. The molecule has 0 spiro atoms. The Hall–Kier alpha value is -0.890. The lowest BCUT2D eigenvalue weighted by atomic mass is 10.2. The maximum atomic E-state index is 8.69. The fourth-order valence-electron chi connectivity index (χ4n) is 2.80. The molecule has 28 heavy (non-hydrogen) atoms. The van der Waals surface area contributed by atoms with Crippen LogP contribution in [-0.4, -0.2) is 82.9 Å². The van der Waals surface area contributed by atoms with Crippen LogP contribution in [0.15, 0.2) is 5.11 Å². The van der Waals surface area contributed by atoms with Crippen molar-refractivity contribution in [1.82, 2.24) is 4.90 Å². The first-order chi connectivity index (χ1) is 13.7. The molecule has 0 aromatic heterocycles. The Morgan fingerprint density at radius 3 is 1.36 bits per heavy atom. The van der Waals surface area contributed by atoms with E-state index in [1.165, 1.54) is 0 Å². The quantitative estimate of drug-likeness (QED) is 0.125. The summed E-state index contributed by atoms with van der Waals surface area (Å²) in [7, 11) is 0. The zero-order valence-electron chi connectivity index (χ0n) is 18.5. The molecule has 166 valence electrons. The van der Waals surface area contributed by atoms with Crippen molar-refractivity contribution in [3.63, 3.8) is 0 Å². The van der Waals surface area contributed by atoms with Crippen LogP contribution in [-0.2, 0) is 18.9 Å². The first-order valence-electron chi connectivity index (χ1n) is 10.8. The molecule has 0 aliphatic heterocycles. The fourth-order valence-corrected chi connectivity index (χ4v) is 2.80. The smallest absolute Gasteiger partial charge is 0.0644 e. The van der Waals surface area contributed by atoms with E-state index in [2.05, 4.69) is 42.6 Å². The fraction of sp³-hybridized carbons (Fsp3) is 1.00. The van der Waals surface area contributed by atoms with Crippen LogP contribution in [0, 0.1) is 0 Å². The predicted octanol–water partition coefficient (Wildman–Crippen LogP) is 4.04. The highest BCUT2D eigenvalue weighted by Gasteiger charge is 2.27. The minimum Gasteiger partial charge on any atom is -0.380 e. The second kappa shape index (κ2) is 20.8. The highest BCUT2D eigenvalue weighted by atomic mass is 16.5. The van der Waals surface area contributed by atoms with Crippen LogP contribution in [0.25, 0.3) is 10.4 Å². The van der Waals surface area contributed by atoms with Crippen molar-refractivity contribution in [2.75, 3.05) is 65.9 Å². The first-order valence-corrected chi connectivity index (χ1v) is 10.8. The van der Waals surface area contributed by atoms with Gasteiger partial charge >= 0.3 is 0 Å². The molecule has 0 saturated heterocycles. The molecular formula is C20H42N4O4. The lowest BCUT2D eigenvalue weighted by Crippen LogP contribution is -2.52. The van der Waals surface area contributed by atoms with Crippen LogP contribution in [0.5, 0.6) is 0 Å². The van der Waals surface area contributed by atoms with E-state index in [-0.39, 0.29) is 12.1 Å². The molecule has 0 heterocycles. The third kappa shape index (κ3) is 14.2. The molecule has 0 fully saturated rings. The third-order valence-electron chi connectivity index (χ3n) is 4.09. The maximum absolute atomic E-state index is 8.69. The topological polar surface area (TPSA) is 88.9 Å². The van der Waals surface area contributed by atoms with Gasteiger partial charge in [-0.3, -0.25) is 4.90 Å². The molecule has 0 radical (unpaired) electrons. The molecule has 0 unspecified atom stereocenters. The molecule has 0 amide bonds. The largest absolute Gasteiger partial charge is 0.380 e. The summed E-state index contributed by atoms with van der Waals surface area (Å²) in [4.78, 5) is 5.18. The number of rotatable bonds is 21. The second-order valence-corrected chi connectivity index (χ2v) is 6.80. The predicted molar refractivity (Wildman–Crippen MR) is 113 cm³/mol. The minimum atomic E-state index is 0.0624. The van der Waals surface area contributed by atoms with Crippen LogP contribution in [0.4, 0.5) is 0 Å². The van der Waals surface area contributed by atoms with Gasteiger partial charge < -0.3 is 18.9 Å². The van der Waals surface area contributed by atoms with Gasteiger partial charge in [-0.1, -0.05) is 32.8 Å². The van der Waals surface area contributed by atoms with Gasteiger partial charge in [0, 0.05) is 44.4 Å². The molecule has 8 heteroatoms. The van der Waals surface area contributed by atoms with Crippen LogP contribution >= 0.6 is 0 Å². The Morgan fingerprint density at radius 1 is 0.714 bits per heavy atom. The lowest BCUT2D eigenvalue weighted by molar-refractivity contribution is -0.0523. The molecule has 0 atom stereocenters. The summed E-state index contributed by atoms with van der Waals surface area (Å²) in [5.41, 5.74) is 8.69. The Morgan fingerprint density at radius 2 is 1.07 bits per heavy atom. The van der Waals surface area contributed by atoms with Crippen molar-refractivity contribution in [2.24, 2.45) is 5.11 Å². The van der Waals surface area contributed by atoms with Gasteiger partial charge in [-0.05, 0) is 31.2 Å². The number of nitrogens with zero attached hydrogens (tertiary/aromatic N) is 4. The molecule has 0 N–H and O–H groups in total. The summed E-state index contributed by atoms with van der Waals surface area (Å²) in [5.74, 6) is 0. The minimum absolute atomic E-state index is 0.0624. The van der Waals surface area contributed by atoms with Gasteiger partial charge in [-0.25, -0.2) is 0 Å². The van der Waals surface area contributed by atoms with Gasteiger partial charge in [0.05, 0.1) is 38.5 Å². The lowest BCUT2D eigenvalue weighted by Gasteiger charge is -2.37. The summed E-state index contributed by atoms with van der Waals surface area (Å²) in [6.45, 7) is 14.6. The van der Waals surface area contributed by atoms with Crippen LogP contribution in [0.2, 0.25) is 0 Å². The van der Waals surface area contributed by atoms with E-state index in [1.807, 2.05) is 0 Å². The van der Waals surface area contributed by atoms with Crippen molar-refractivity contribution >= 4 is 0 Å². The number of ether oxygens (including phenoxy) is 4. The second-order valence-electron chi connectivity index (χ2n) is 6.80. The van der Waals surface area contributed by atoms with Crippen molar-refractivity contribution in [3.05, 3.63) is 10.4 Å². The molecule has 0 bridgehead atoms. The summed E-state index contributed by atoms with van der Waals surface area (Å²) in [6.07, 6.45) is 3.90. The van der Waals surface area contributed by atoms with E-state index in [4.69, 9.17) is 24.5 Å². The Balaban J connectivity index is 5.24. The number of hydrogen-bond acceptors (Lipinski definition) is 6. The van der Waals surface area contributed by atoms with Crippen LogP contribution in [0.3, 0.4) is 0 Å². The standard InChI is InChI=1S/C20H42N4O4/c1-5-11-25-15-19(16-26-12-6-2)24(10-9-22-23-21)20(17-27-13-7-3)18-28-14-8-4/h19-20H,5-18H2,1-4H3. The number of hydrogen-bond donors (Lipinski definition) is 0. The molecular weight excluding hydrogens is 360 g/mol. The molecule has 0 aliphatic rings. The molecule has 0 saturated carbocycles. The number of azide groups is 1. The zero-order valence-corrected chi connectivity index (χ0v) is 18.5. The normalized spacial score (nSPS) is 11.5. The molecule has 0 rings (SSSR count). The highest BCUT2D eigenvalue weighted by Crippen LogP contribution is 2.11. The summed E-state index contributed by atoms with van der Waals surface area (Å²) < 4.78 is 23.4. The Labute approximate surface area is 171 Å². The average molecular weight is 403 g/mol. The Bertz CT molecular complexity index is 337. The maximum Gasteiger partial charge on any atom is 0.0644 e. The van der Waals surface area contributed by atoms with E-state index in [0.717, 1.165) is 52.1 Å². The van der Waals surface area contributed by atoms with E-state index in [9.17, 15) is 0 Å². The van der Waals surface area contributed by atoms with Gasteiger partial charge in [-0.2, -0.15) is 0 Å². The molecule has 8 nitrogen and oxygen atoms in total. The summed E-state index contributed by atoms with van der Waals surface area (Å²) in [6, 6.07) is 0.125. The van der Waals surface area contributed by atoms with Gasteiger partial charge in [0.1, 0.15) is 0 Å². The van der Waals surface area contributed by atoms with Crippen molar-refractivity contribution < 1.29 is 18.9 Å². The van der Waals surface area contributed by atoms with Crippen LogP contribution < -0.4 is 0 Å². The average Bonchev–Trinajstić information content (AvgIpc) is 2.70. The van der Waals surface area contributed by atoms with E-state index in [0.29, 0.717) is 39.5 Å². The van der Waals surface area contributed by atoms with Gasteiger partial charge in [0.2, 0.25) is 0 Å². The highest BCUT2D eigenvalue weighted by molar-refractivity contribution is 4.81.